The number of aliphatic hydroxyl groups is 2. The standard InChI is InChI=1S/C37H36ClF3N2O5.C29H30ClF3N2O4.C12H12F2O4.C11H10F2O4.C11H12O4/c1-35(2,42-21-30(45)22-8-6-5-7-9-22)25-18-28(23-10-12-27(39)26(38)16-23)43-33(19-25)36(3,46)15-14-29(44)24-11-13-31(32(17-24)47-4)48-34-20-37(34,40)41;1-27(2,34)18-13-21(16-5-7-20(31)19(30)11-16)35-25(14-18)28(3,37)10-9-22(36)17-6-8-23(24(12-17)38-4)39-26-15-29(26,32)33;1-16-9-5-7(11(15)17-2)3-4-8(9)18-10-6-12(10,13)14;1-16-8-4-6(10(14)15)2-3-7(8)17-9-5-11(9,12)13;1-4-15-9-6-5-8(11(12)14-3)7-10(9)13-2/h5-13,16-19,34,42,46H,14-15,20-21H2,1-4H3;5-8,11-14,26,37H,9-10,15,34H2,1-4H3;3-5,10H,6H2,1-2H3;2-4,9H,5H2,1H3,(H,14,15);4-7H,1H2,2-3H3. The molecule has 14 rings (SSSR count). The molecule has 730 valence electrons. The summed E-state index contributed by atoms with van der Waals surface area (Å²) < 4.78 is 192. The van der Waals surface area contributed by atoms with E-state index in [1.165, 1.54) is 165 Å². The van der Waals surface area contributed by atoms with Crippen LogP contribution in [0, 0.1) is 11.6 Å². The highest BCUT2D eigenvalue weighted by Crippen LogP contribution is 2.51. The van der Waals surface area contributed by atoms with Crippen LogP contribution in [0.15, 0.2) is 195 Å². The second-order valence-corrected chi connectivity index (χ2v) is 34.4. The number of pyridine rings is 2. The maximum atomic E-state index is 14.0. The van der Waals surface area contributed by atoms with E-state index in [0.717, 1.165) is 0 Å². The lowest BCUT2D eigenvalue weighted by Crippen LogP contribution is -2.40. The summed E-state index contributed by atoms with van der Waals surface area (Å²) in [5, 5.41) is 35.0. The summed E-state index contributed by atoms with van der Waals surface area (Å²) in [5.74, 6) is -13.1. The van der Waals surface area contributed by atoms with Gasteiger partial charge < -0.3 is 83.2 Å². The molecule has 0 radical (unpaired) electrons. The molecule has 4 aliphatic carbocycles. The molecule has 25 nitrogen and oxygen atoms in total. The molecule has 0 aliphatic heterocycles. The highest BCUT2D eigenvalue weighted by molar-refractivity contribution is 6.31. The zero-order chi connectivity index (χ0) is 101. The lowest BCUT2D eigenvalue weighted by atomic mass is 9.87. The van der Waals surface area contributed by atoms with Crippen LogP contribution in [-0.2, 0) is 31.8 Å². The van der Waals surface area contributed by atoms with Gasteiger partial charge in [0.2, 0.25) is 0 Å². The molecule has 4 aliphatic rings. The zero-order valence-corrected chi connectivity index (χ0v) is 78.0. The number of Topliss-reactive ketones (excluding diaryl/α,β-unsaturated/α-hetero) is 3. The summed E-state index contributed by atoms with van der Waals surface area (Å²) in [6, 6.07) is 45.7. The number of benzene rings is 8. The second-order valence-electron chi connectivity index (χ2n) is 33.6. The summed E-state index contributed by atoms with van der Waals surface area (Å²) in [7, 11) is 9.47. The Bertz CT molecular complexity index is 6080. The maximum absolute atomic E-state index is 14.0. The van der Waals surface area contributed by atoms with E-state index in [-0.39, 0.29) is 165 Å². The fraction of sp³-hybridized carbons (Fsp3) is 0.340. The Balaban J connectivity index is 0.000000192. The molecule has 0 saturated heterocycles. The number of nitrogens with zero attached hydrogens (tertiary/aromatic N) is 2. The predicted molar refractivity (Wildman–Crippen MR) is 486 cm³/mol. The van der Waals surface area contributed by atoms with Crippen LogP contribution in [0.25, 0.3) is 22.5 Å². The summed E-state index contributed by atoms with van der Waals surface area (Å²) in [6.07, 6.45) is -4.92. The Labute approximate surface area is 792 Å². The number of hydrogen-bond donors (Lipinski definition) is 5. The van der Waals surface area contributed by atoms with Gasteiger partial charge in [-0.25, -0.2) is 68.3 Å². The Kier molecular flexibility index (Phi) is 34.0. The first-order valence-electron chi connectivity index (χ1n) is 42.2. The van der Waals surface area contributed by atoms with E-state index in [4.69, 9.17) is 86.4 Å². The van der Waals surface area contributed by atoms with Crippen LogP contribution in [-0.4, -0.2) is 165 Å². The Hall–Kier alpha value is -13.1. The van der Waals surface area contributed by atoms with Gasteiger partial charge in [-0.3, -0.25) is 14.4 Å². The minimum Gasteiger partial charge on any atom is -0.493 e. The fourth-order valence-corrected chi connectivity index (χ4v) is 13.5. The van der Waals surface area contributed by atoms with Crippen LogP contribution in [0.1, 0.15) is 178 Å². The van der Waals surface area contributed by atoms with E-state index in [9.17, 15) is 82.9 Å². The number of methoxy groups -OCH3 is 7. The second kappa shape index (κ2) is 44.0. The monoisotopic (exact) mass is 1950 g/mol. The fourth-order valence-electron chi connectivity index (χ4n) is 13.1. The van der Waals surface area contributed by atoms with Gasteiger partial charge in [0.25, 0.3) is 23.7 Å². The zero-order valence-electron chi connectivity index (χ0n) is 76.5. The Morgan fingerprint density at radius 1 is 0.431 bits per heavy atom. The molecule has 0 amide bonds. The topological polar surface area (TPSA) is 338 Å². The molecule has 4 saturated carbocycles. The number of ether oxygens (including phenoxy) is 12. The molecule has 37 heteroatoms. The smallest absolute Gasteiger partial charge is 0.337 e. The average molecular weight is 1950 g/mol. The molecule has 2 heterocycles. The van der Waals surface area contributed by atoms with Crippen molar-refractivity contribution in [3.63, 3.8) is 0 Å². The van der Waals surface area contributed by atoms with Gasteiger partial charge in [-0.2, -0.15) is 0 Å². The van der Waals surface area contributed by atoms with Crippen LogP contribution in [0.3, 0.4) is 0 Å². The van der Waals surface area contributed by atoms with E-state index in [1.54, 1.807) is 94.4 Å². The van der Waals surface area contributed by atoms with Gasteiger partial charge in [0.05, 0.1) is 138 Å². The molecule has 8 aromatic carbocycles. The number of nitrogens with one attached hydrogen (secondary N) is 1. The number of carboxylic acids is 1. The van der Waals surface area contributed by atoms with Crippen LogP contribution < -0.4 is 58.4 Å². The van der Waals surface area contributed by atoms with Gasteiger partial charge in [0.15, 0.2) is 99.3 Å². The number of carbonyl (C=O) groups is 6. The van der Waals surface area contributed by atoms with Crippen molar-refractivity contribution in [3.8, 4) is 80.0 Å². The highest BCUT2D eigenvalue weighted by atomic mass is 35.5. The van der Waals surface area contributed by atoms with Crippen molar-refractivity contribution in [2.45, 2.75) is 163 Å². The molecule has 6 unspecified atom stereocenters. The number of carboxylic acid groups (broad SMARTS) is 1. The summed E-state index contributed by atoms with van der Waals surface area (Å²) in [5.41, 5.74) is 7.20. The van der Waals surface area contributed by atoms with Crippen LogP contribution in [0.4, 0.5) is 43.9 Å². The number of ketones is 3. The van der Waals surface area contributed by atoms with Gasteiger partial charge >= 0.3 is 17.9 Å². The SMILES string of the molecule is C=COc1ccc(C(=O)OC)cc1OC.COC(=O)c1ccc(OC2CC2(F)F)c(OC)c1.COc1cc(C(=O)CCC(C)(O)c2cc(C(C)(C)N)cc(-c3ccc(F)c(Cl)c3)n2)ccc1OC1CC1(F)F.COc1cc(C(=O)CCC(C)(O)c2cc(C(C)(C)NCC(=O)c3ccccc3)cc(-c3ccc(F)c(Cl)c3)n2)ccc1OC1CC1(F)F.COc1cc(C(=O)O)ccc1OC1CC1(F)F. The maximum Gasteiger partial charge on any atom is 0.337 e. The van der Waals surface area contributed by atoms with Gasteiger partial charge in [-0.15, -0.1) is 0 Å². The van der Waals surface area contributed by atoms with Crippen LogP contribution >= 0.6 is 23.2 Å². The molecule has 0 bridgehead atoms. The summed E-state index contributed by atoms with van der Waals surface area (Å²) in [6.45, 7) is 13.9. The Morgan fingerprint density at radius 2 is 0.752 bits per heavy atom. The number of halogens is 12. The molecule has 137 heavy (non-hydrogen) atoms. The first-order valence-corrected chi connectivity index (χ1v) is 43.0. The average Bonchev–Trinajstić information content (AvgIpc) is 1.62. The predicted octanol–water partition coefficient (Wildman–Crippen LogP) is 20.8. The third-order valence-electron chi connectivity index (χ3n) is 22.0. The minimum absolute atomic E-state index is 0.0109. The van der Waals surface area contributed by atoms with Crippen molar-refractivity contribution in [3.05, 3.63) is 272 Å². The quantitative estimate of drug-likeness (QED) is 0.0105. The van der Waals surface area contributed by atoms with Crippen molar-refractivity contribution in [1.82, 2.24) is 15.3 Å². The van der Waals surface area contributed by atoms with Gasteiger partial charge in [0.1, 0.15) is 22.8 Å². The molecule has 10 aromatic rings. The van der Waals surface area contributed by atoms with Crippen molar-refractivity contribution in [1.29, 1.82) is 0 Å². The third kappa shape index (κ3) is 28.1. The molecular weight excluding hydrogens is 1850 g/mol. The Morgan fingerprint density at radius 3 is 1.08 bits per heavy atom. The van der Waals surface area contributed by atoms with Crippen molar-refractivity contribution in [2.24, 2.45) is 5.73 Å². The molecule has 6 atom stereocenters. The third-order valence-corrected chi connectivity index (χ3v) is 22.6. The molecule has 6 N–H and O–H groups in total. The molecule has 0 spiro atoms. The van der Waals surface area contributed by atoms with E-state index in [0.29, 0.717) is 56.3 Å². The van der Waals surface area contributed by atoms with Gasteiger partial charge in [0, 0.05) is 51.7 Å². The first kappa shape index (κ1) is 106. The molecular formula is C100H100Cl2F10N4O21. The number of rotatable bonds is 36. The number of carbonyl (C=O) groups excluding carboxylic acids is 5. The van der Waals surface area contributed by atoms with Gasteiger partial charge in [-0.1, -0.05) is 60.1 Å². The number of aromatic nitrogens is 2. The largest absolute Gasteiger partial charge is 0.493 e. The first-order chi connectivity index (χ1) is 64.3. The lowest BCUT2D eigenvalue weighted by molar-refractivity contribution is 0.0395. The van der Waals surface area contributed by atoms with E-state index in [2.05, 4.69) is 26.4 Å². The molecule has 2 aromatic heterocycles. The van der Waals surface area contributed by atoms with Crippen molar-refractivity contribution < 1.29 is 145 Å². The van der Waals surface area contributed by atoms with E-state index >= 15 is 0 Å². The van der Waals surface area contributed by atoms with E-state index in [1.807, 2.05) is 19.9 Å². The van der Waals surface area contributed by atoms with Crippen molar-refractivity contribution >= 4 is 58.5 Å². The normalized spacial score (nSPS) is 17.1. The number of esters is 2. The summed E-state index contributed by atoms with van der Waals surface area (Å²) >= 11 is 12.1. The number of aromatic carboxylic acids is 1. The number of alkyl halides is 8. The lowest BCUT2D eigenvalue weighted by Gasteiger charge is -2.30. The molecule has 4 fully saturated rings. The van der Waals surface area contributed by atoms with Crippen LogP contribution in [0.2, 0.25) is 10.0 Å². The minimum atomic E-state index is -2.88. The summed E-state index contributed by atoms with van der Waals surface area (Å²) in [4.78, 5) is 81.6. The van der Waals surface area contributed by atoms with Crippen LogP contribution in [0.5, 0.6) is 57.5 Å². The van der Waals surface area contributed by atoms with Gasteiger partial charge in [-0.05, 0) is 217 Å². The number of nitrogens with two attached hydrogens (primary N) is 1. The highest BCUT2D eigenvalue weighted by Gasteiger charge is 2.62. The number of hydrogen-bond acceptors (Lipinski definition) is 24. The van der Waals surface area contributed by atoms with E-state index < -0.39 is 99.9 Å². The van der Waals surface area contributed by atoms with Crippen molar-refractivity contribution in [2.75, 3.05) is 56.3 Å².